The fourth-order valence-electron chi connectivity index (χ4n) is 2.58. The van der Waals surface area contributed by atoms with Gasteiger partial charge in [-0.25, -0.2) is 0 Å². The second-order valence-electron chi connectivity index (χ2n) is 8.11. The molecular formula is C24H35NO8. The average molecular weight is 466 g/mol. The maximum atomic E-state index is 12.3. The highest BCUT2D eigenvalue weighted by molar-refractivity contribution is 5.77. The molecule has 0 aliphatic carbocycles. The van der Waals surface area contributed by atoms with E-state index in [1.807, 2.05) is 13.8 Å². The zero-order chi connectivity index (χ0) is 25.0. The molecule has 0 aromatic heterocycles. The van der Waals surface area contributed by atoms with Gasteiger partial charge >= 0.3 is 23.9 Å². The monoisotopic (exact) mass is 465 g/mol. The molecule has 0 radical (unpaired) electrons. The Morgan fingerprint density at radius 3 is 2.09 bits per heavy atom. The second-order valence-corrected chi connectivity index (χ2v) is 8.11. The molecule has 0 bridgehead atoms. The highest BCUT2D eigenvalue weighted by Crippen LogP contribution is 2.30. The van der Waals surface area contributed by atoms with Crippen LogP contribution in [0.15, 0.2) is 18.2 Å². The molecule has 33 heavy (non-hydrogen) atoms. The first-order valence-corrected chi connectivity index (χ1v) is 11.2. The Hall–Kier alpha value is -2.94. The normalized spacial score (nSPS) is 12.6. The van der Waals surface area contributed by atoms with Gasteiger partial charge in [-0.1, -0.05) is 33.8 Å². The van der Waals surface area contributed by atoms with Crippen LogP contribution in [0.5, 0.6) is 11.5 Å². The molecule has 0 amide bonds. The molecule has 0 saturated carbocycles. The zero-order valence-electron chi connectivity index (χ0n) is 20.1. The number of hydrogen-bond acceptors (Lipinski definition) is 9. The number of nitrogens with two attached hydrogens (primary N) is 1. The maximum absolute atomic E-state index is 12.3. The van der Waals surface area contributed by atoms with E-state index in [2.05, 4.69) is 0 Å². The lowest BCUT2D eigenvalue weighted by Gasteiger charge is -2.18. The highest BCUT2D eigenvalue weighted by atomic mass is 16.6. The van der Waals surface area contributed by atoms with Crippen LogP contribution in [-0.2, 0) is 35.1 Å². The predicted octanol–water partition coefficient (Wildman–Crippen LogP) is 3.10. The van der Waals surface area contributed by atoms with Crippen LogP contribution in [0.1, 0.15) is 65.9 Å². The Labute approximate surface area is 194 Å². The van der Waals surface area contributed by atoms with Crippen LogP contribution in [0, 0.1) is 5.92 Å². The van der Waals surface area contributed by atoms with E-state index in [0.29, 0.717) is 17.9 Å². The Bertz CT molecular complexity index is 821. The second kappa shape index (κ2) is 14.3. The first kappa shape index (κ1) is 28.1. The molecule has 1 aromatic carbocycles. The molecule has 0 unspecified atom stereocenters. The van der Waals surface area contributed by atoms with Gasteiger partial charge in [0, 0.05) is 19.3 Å². The van der Waals surface area contributed by atoms with Crippen LogP contribution in [0.3, 0.4) is 0 Å². The number of carbonyl (C=O) groups excluding carboxylic acids is 4. The zero-order valence-corrected chi connectivity index (χ0v) is 20.1. The van der Waals surface area contributed by atoms with Crippen molar-refractivity contribution in [1.82, 2.24) is 0 Å². The van der Waals surface area contributed by atoms with Gasteiger partial charge in [0.05, 0.1) is 0 Å². The lowest BCUT2D eigenvalue weighted by molar-refractivity contribution is -0.159. The summed E-state index contributed by atoms with van der Waals surface area (Å²) in [6, 6.07) is 3.61. The van der Waals surface area contributed by atoms with Crippen LogP contribution in [0.2, 0.25) is 0 Å². The van der Waals surface area contributed by atoms with Crippen LogP contribution < -0.4 is 15.2 Å². The molecule has 184 valence electrons. The van der Waals surface area contributed by atoms with Crippen molar-refractivity contribution in [2.24, 2.45) is 11.7 Å². The van der Waals surface area contributed by atoms with E-state index in [9.17, 15) is 19.2 Å². The first-order valence-electron chi connectivity index (χ1n) is 11.2. The van der Waals surface area contributed by atoms with Crippen molar-refractivity contribution in [3.8, 4) is 11.5 Å². The van der Waals surface area contributed by atoms with Gasteiger partial charge in [0.15, 0.2) is 11.5 Å². The number of rotatable bonds is 13. The van der Waals surface area contributed by atoms with Crippen molar-refractivity contribution in [3.63, 3.8) is 0 Å². The van der Waals surface area contributed by atoms with E-state index in [4.69, 9.17) is 24.7 Å². The topological polar surface area (TPSA) is 131 Å². The van der Waals surface area contributed by atoms with E-state index in [0.717, 1.165) is 6.42 Å². The molecule has 9 heteroatoms. The molecule has 9 nitrogen and oxygen atoms in total. The van der Waals surface area contributed by atoms with Gasteiger partial charge in [0.2, 0.25) is 0 Å². The standard InChI is InChI=1S/C24H35NO8/c1-6-21(26)32-19-10-9-17(13-20(19)33-22(27)7-2)12-18(25)24(29)31-16(5)14-30-23(28)11-8-15(3)4/h9-10,13,15-16,18H,6-8,11-12,14,25H2,1-5H3/t16-,18-/m0/s1. The fraction of sp³-hybridized carbons (Fsp3) is 0.583. The van der Waals surface area contributed by atoms with Gasteiger partial charge in [-0.3, -0.25) is 19.2 Å². The molecule has 2 atom stereocenters. The number of carbonyl (C=O) groups is 4. The summed E-state index contributed by atoms with van der Waals surface area (Å²) in [6.07, 6.45) is 0.778. The van der Waals surface area contributed by atoms with Gasteiger partial charge < -0.3 is 24.7 Å². The number of esters is 4. The highest BCUT2D eigenvalue weighted by Gasteiger charge is 2.21. The van der Waals surface area contributed by atoms with Crippen molar-refractivity contribution >= 4 is 23.9 Å². The Morgan fingerprint density at radius 1 is 0.909 bits per heavy atom. The molecule has 1 aromatic rings. The van der Waals surface area contributed by atoms with Crippen LogP contribution in [-0.4, -0.2) is 42.6 Å². The van der Waals surface area contributed by atoms with Gasteiger partial charge in [0.25, 0.3) is 0 Å². The molecular weight excluding hydrogens is 430 g/mol. The van der Waals surface area contributed by atoms with Crippen molar-refractivity contribution in [1.29, 1.82) is 0 Å². The molecule has 0 saturated heterocycles. The molecule has 0 aliphatic heterocycles. The lowest BCUT2D eigenvalue weighted by atomic mass is 10.1. The van der Waals surface area contributed by atoms with E-state index in [-0.39, 0.29) is 43.3 Å². The number of benzene rings is 1. The summed E-state index contributed by atoms with van der Waals surface area (Å²) in [7, 11) is 0. The molecule has 0 heterocycles. The minimum absolute atomic E-state index is 0.0516. The molecule has 0 spiro atoms. The van der Waals surface area contributed by atoms with Gasteiger partial charge in [-0.05, 0) is 43.4 Å². The molecule has 2 N–H and O–H groups in total. The summed E-state index contributed by atoms with van der Waals surface area (Å²) in [5.74, 6) is -1.40. The summed E-state index contributed by atoms with van der Waals surface area (Å²) in [5.41, 5.74) is 6.56. The van der Waals surface area contributed by atoms with Crippen LogP contribution in [0.4, 0.5) is 0 Å². The largest absolute Gasteiger partial charge is 0.462 e. The summed E-state index contributed by atoms with van der Waals surface area (Å²) < 4.78 is 20.8. The van der Waals surface area contributed by atoms with Crippen molar-refractivity contribution < 1.29 is 38.1 Å². The SMILES string of the molecule is CCC(=O)Oc1ccc(C[C@H](N)C(=O)O[C@@H](C)COC(=O)CCC(C)C)cc1OC(=O)CC. The van der Waals surface area contributed by atoms with Gasteiger partial charge in [0.1, 0.15) is 18.8 Å². The summed E-state index contributed by atoms with van der Waals surface area (Å²) in [5, 5.41) is 0. The third-order valence-electron chi connectivity index (χ3n) is 4.51. The minimum atomic E-state index is -0.997. The maximum Gasteiger partial charge on any atom is 0.323 e. The first-order chi connectivity index (χ1) is 15.5. The Morgan fingerprint density at radius 2 is 1.52 bits per heavy atom. The van der Waals surface area contributed by atoms with E-state index in [1.165, 1.54) is 12.1 Å². The molecule has 0 fully saturated rings. The smallest absolute Gasteiger partial charge is 0.323 e. The van der Waals surface area contributed by atoms with Crippen molar-refractivity contribution in [2.75, 3.05) is 6.61 Å². The fourth-order valence-corrected chi connectivity index (χ4v) is 2.58. The molecule has 0 aliphatic rings. The predicted molar refractivity (Wildman–Crippen MR) is 121 cm³/mol. The quantitative estimate of drug-likeness (QED) is 0.345. The molecule has 1 rings (SSSR count). The third-order valence-corrected chi connectivity index (χ3v) is 4.51. The van der Waals surface area contributed by atoms with E-state index < -0.39 is 30.1 Å². The van der Waals surface area contributed by atoms with Crippen molar-refractivity contribution in [3.05, 3.63) is 23.8 Å². The van der Waals surface area contributed by atoms with E-state index in [1.54, 1.807) is 26.8 Å². The van der Waals surface area contributed by atoms with Gasteiger partial charge in [-0.15, -0.1) is 0 Å². The number of ether oxygens (including phenoxy) is 4. The Balaban J connectivity index is 2.70. The van der Waals surface area contributed by atoms with E-state index >= 15 is 0 Å². The average Bonchev–Trinajstić information content (AvgIpc) is 2.77. The summed E-state index contributed by atoms with van der Waals surface area (Å²) in [6.45, 7) is 8.87. The number of hydrogen-bond donors (Lipinski definition) is 1. The van der Waals surface area contributed by atoms with Gasteiger partial charge in [-0.2, -0.15) is 0 Å². The lowest BCUT2D eigenvalue weighted by Crippen LogP contribution is -2.37. The minimum Gasteiger partial charge on any atom is -0.462 e. The van der Waals surface area contributed by atoms with Crippen LogP contribution in [0.25, 0.3) is 0 Å². The van der Waals surface area contributed by atoms with Crippen molar-refractivity contribution in [2.45, 2.75) is 78.9 Å². The summed E-state index contributed by atoms with van der Waals surface area (Å²) >= 11 is 0. The van der Waals surface area contributed by atoms with Crippen LogP contribution >= 0.6 is 0 Å². The Kier molecular flexibility index (Phi) is 12.1. The third kappa shape index (κ3) is 11.0. The summed E-state index contributed by atoms with van der Waals surface area (Å²) in [4.78, 5) is 47.4.